The molecule has 3 rings (SSSR count). The van der Waals surface area contributed by atoms with Gasteiger partial charge >= 0.3 is 11.9 Å². The Kier molecular flexibility index (Phi) is 7.99. The second-order valence-corrected chi connectivity index (χ2v) is 7.20. The molecule has 2 aromatic rings. The standard InChI is InChI=1S/C24H30N2O4/c1-3-29-23(27)22(24(28)30-4-2)26-17-15-25(16-18-26)21(19-11-7-5-8-12-19)20-13-9-6-10-14-20/h5-14,21-22H,3-4,15-18H2,1-2H3. The van der Waals surface area contributed by atoms with Crippen LogP contribution in [0.15, 0.2) is 60.7 Å². The molecule has 0 N–H and O–H groups in total. The van der Waals surface area contributed by atoms with E-state index in [2.05, 4.69) is 53.4 Å². The van der Waals surface area contributed by atoms with Crippen molar-refractivity contribution >= 4 is 11.9 Å². The van der Waals surface area contributed by atoms with Gasteiger partial charge in [0.1, 0.15) is 0 Å². The highest BCUT2D eigenvalue weighted by Crippen LogP contribution is 2.29. The second kappa shape index (κ2) is 10.9. The smallest absolute Gasteiger partial charge is 0.335 e. The van der Waals surface area contributed by atoms with Crippen molar-refractivity contribution in [2.45, 2.75) is 25.9 Å². The lowest BCUT2D eigenvalue weighted by atomic mass is 9.96. The normalized spacial score (nSPS) is 15.3. The molecule has 0 aliphatic carbocycles. The van der Waals surface area contributed by atoms with Crippen LogP contribution in [0.5, 0.6) is 0 Å². The largest absolute Gasteiger partial charge is 0.464 e. The Morgan fingerprint density at radius 2 is 1.13 bits per heavy atom. The topological polar surface area (TPSA) is 59.1 Å². The van der Waals surface area contributed by atoms with Crippen LogP contribution in [-0.2, 0) is 19.1 Å². The zero-order chi connectivity index (χ0) is 21.3. The fraction of sp³-hybridized carbons (Fsp3) is 0.417. The van der Waals surface area contributed by atoms with Crippen LogP contribution in [0, 0.1) is 0 Å². The third-order valence-corrected chi connectivity index (χ3v) is 5.33. The van der Waals surface area contributed by atoms with E-state index in [1.165, 1.54) is 11.1 Å². The number of piperazine rings is 1. The van der Waals surface area contributed by atoms with Crippen molar-refractivity contribution in [3.05, 3.63) is 71.8 Å². The predicted octanol–water partition coefficient (Wildman–Crippen LogP) is 2.89. The quantitative estimate of drug-likeness (QED) is 0.493. The molecular weight excluding hydrogens is 380 g/mol. The summed E-state index contributed by atoms with van der Waals surface area (Å²) in [6.45, 7) is 6.56. The number of nitrogens with zero attached hydrogens (tertiary/aromatic N) is 2. The molecule has 2 aromatic carbocycles. The van der Waals surface area contributed by atoms with Crippen LogP contribution in [-0.4, -0.2) is 67.2 Å². The van der Waals surface area contributed by atoms with E-state index in [4.69, 9.17) is 9.47 Å². The monoisotopic (exact) mass is 410 g/mol. The van der Waals surface area contributed by atoms with Gasteiger partial charge in [-0.15, -0.1) is 0 Å². The number of esters is 2. The number of hydrogen-bond donors (Lipinski definition) is 0. The molecule has 0 bridgehead atoms. The van der Waals surface area contributed by atoms with Gasteiger partial charge in [0.2, 0.25) is 6.04 Å². The zero-order valence-corrected chi connectivity index (χ0v) is 17.7. The van der Waals surface area contributed by atoms with Gasteiger partial charge in [0.05, 0.1) is 19.3 Å². The lowest BCUT2D eigenvalue weighted by Gasteiger charge is -2.41. The number of ether oxygens (including phenoxy) is 2. The molecule has 0 atom stereocenters. The summed E-state index contributed by atoms with van der Waals surface area (Å²) >= 11 is 0. The molecule has 0 amide bonds. The molecule has 0 radical (unpaired) electrons. The third kappa shape index (κ3) is 5.26. The van der Waals surface area contributed by atoms with E-state index in [-0.39, 0.29) is 19.3 Å². The molecule has 0 unspecified atom stereocenters. The Bertz CT molecular complexity index is 747. The molecule has 0 spiro atoms. The third-order valence-electron chi connectivity index (χ3n) is 5.33. The van der Waals surface area contributed by atoms with Crippen molar-refractivity contribution in [2.75, 3.05) is 39.4 Å². The Labute approximate surface area is 178 Å². The molecule has 6 nitrogen and oxygen atoms in total. The summed E-state index contributed by atoms with van der Waals surface area (Å²) in [6, 6.07) is 20.0. The minimum absolute atomic E-state index is 0.123. The Hall–Kier alpha value is -2.70. The molecule has 0 saturated carbocycles. The minimum Gasteiger partial charge on any atom is -0.464 e. The van der Waals surface area contributed by atoms with Crippen LogP contribution in [0.1, 0.15) is 31.0 Å². The van der Waals surface area contributed by atoms with Crippen molar-refractivity contribution in [1.82, 2.24) is 9.80 Å². The van der Waals surface area contributed by atoms with E-state index < -0.39 is 18.0 Å². The van der Waals surface area contributed by atoms with E-state index in [0.29, 0.717) is 13.1 Å². The first-order chi connectivity index (χ1) is 14.7. The molecule has 0 aromatic heterocycles. The summed E-state index contributed by atoms with van der Waals surface area (Å²) in [5.41, 5.74) is 2.45. The average molecular weight is 411 g/mol. The Balaban J connectivity index is 1.77. The first-order valence-corrected chi connectivity index (χ1v) is 10.6. The van der Waals surface area contributed by atoms with Gasteiger partial charge in [-0.25, -0.2) is 9.59 Å². The summed E-state index contributed by atoms with van der Waals surface area (Å²) in [5.74, 6) is -1.07. The SMILES string of the molecule is CCOC(=O)C(C(=O)OCC)N1CCN(C(c2ccccc2)c2ccccc2)CC1. The molecular formula is C24H30N2O4. The van der Waals surface area contributed by atoms with Gasteiger partial charge in [-0.2, -0.15) is 0 Å². The molecule has 6 heteroatoms. The van der Waals surface area contributed by atoms with Crippen molar-refractivity contribution in [3.8, 4) is 0 Å². The van der Waals surface area contributed by atoms with Gasteiger partial charge in [-0.1, -0.05) is 60.7 Å². The molecule has 1 aliphatic heterocycles. The van der Waals surface area contributed by atoms with Crippen molar-refractivity contribution < 1.29 is 19.1 Å². The van der Waals surface area contributed by atoms with Gasteiger partial charge in [0, 0.05) is 26.2 Å². The number of hydrogen-bond acceptors (Lipinski definition) is 6. The van der Waals surface area contributed by atoms with E-state index in [1.807, 2.05) is 17.0 Å². The highest BCUT2D eigenvalue weighted by molar-refractivity contribution is 5.99. The molecule has 1 saturated heterocycles. The van der Waals surface area contributed by atoms with Crippen LogP contribution in [0.4, 0.5) is 0 Å². The maximum atomic E-state index is 12.4. The molecule has 1 aliphatic rings. The molecule has 30 heavy (non-hydrogen) atoms. The van der Waals surface area contributed by atoms with Crippen LogP contribution >= 0.6 is 0 Å². The van der Waals surface area contributed by atoms with Crippen molar-refractivity contribution in [2.24, 2.45) is 0 Å². The fourth-order valence-electron chi connectivity index (χ4n) is 3.98. The molecule has 1 fully saturated rings. The van der Waals surface area contributed by atoms with Gasteiger partial charge < -0.3 is 9.47 Å². The lowest BCUT2D eigenvalue weighted by Crippen LogP contribution is -2.56. The summed E-state index contributed by atoms with van der Waals surface area (Å²) in [5, 5.41) is 0. The highest BCUT2D eigenvalue weighted by atomic mass is 16.6. The number of rotatable bonds is 8. The first kappa shape index (κ1) is 22.0. The van der Waals surface area contributed by atoms with E-state index >= 15 is 0 Å². The highest BCUT2D eigenvalue weighted by Gasteiger charge is 2.38. The molecule has 160 valence electrons. The number of benzene rings is 2. The van der Waals surface area contributed by atoms with E-state index in [1.54, 1.807) is 13.8 Å². The van der Waals surface area contributed by atoms with Gasteiger partial charge in [-0.05, 0) is 25.0 Å². The summed E-state index contributed by atoms with van der Waals surface area (Å²) in [4.78, 5) is 29.1. The maximum Gasteiger partial charge on any atom is 0.335 e. The number of carbonyl (C=O) groups is 2. The van der Waals surface area contributed by atoms with Gasteiger partial charge in [-0.3, -0.25) is 9.80 Å². The molecule has 1 heterocycles. The van der Waals surface area contributed by atoms with E-state index in [0.717, 1.165) is 13.1 Å². The summed E-state index contributed by atoms with van der Waals surface area (Å²) in [7, 11) is 0. The van der Waals surface area contributed by atoms with Gasteiger partial charge in [0.25, 0.3) is 0 Å². The van der Waals surface area contributed by atoms with Crippen molar-refractivity contribution in [1.29, 1.82) is 0 Å². The minimum atomic E-state index is -1.00. The van der Waals surface area contributed by atoms with Crippen molar-refractivity contribution in [3.63, 3.8) is 0 Å². The van der Waals surface area contributed by atoms with Crippen LogP contribution in [0.3, 0.4) is 0 Å². The summed E-state index contributed by atoms with van der Waals surface area (Å²) < 4.78 is 10.3. The fourth-order valence-corrected chi connectivity index (χ4v) is 3.98. The van der Waals surface area contributed by atoms with E-state index in [9.17, 15) is 9.59 Å². The average Bonchev–Trinajstić information content (AvgIpc) is 2.77. The zero-order valence-electron chi connectivity index (χ0n) is 17.7. The maximum absolute atomic E-state index is 12.4. The van der Waals surface area contributed by atoms with Crippen LogP contribution in [0.2, 0.25) is 0 Å². The van der Waals surface area contributed by atoms with Crippen LogP contribution < -0.4 is 0 Å². The second-order valence-electron chi connectivity index (χ2n) is 7.20. The predicted molar refractivity (Wildman–Crippen MR) is 115 cm³/mol. The first-order valence-electron chi connectivity index (χ1n) is 10.6. The summed E-state index contributed by atoms with van der Waals surface area (Å²) in [6.07, 6.45) is 0. The Morgan fingerprint density at radius 1 is 0.733 bits per heavy atom. The van der Waals surface area contributed by atoms with Gasteiger partial charge in [0.15, 0.2) is 0 Å². The number of carbonyl (C=O) groups excluding carboxylic acids is 2. The lowest BCUT2D eigenvalue weighted by molar-refractivity contribution is -0.164. The Morgan fingerprint density at radius 3 is 1.53 bits per heavy atom. The van der Waals surface area contributed by atoms with Crippen LogP contribution in [0.25, 0.3) is 0 Å².